The van der Waals surface area contributed by atoms with Crippen molar-refractivity contribution in [1.82, 2.24) is 10.2 Å². The molecule has 116 valence electrons. The predicted molar refractivity (Wildman–Crippen MR) is 93.5 cm³/mol. The maximum Gasteiger partial charge on any atom is 0.277 e. The van der Waals surface area contributed by atoms with E-state index >= 15 is 0 Å². The second kappa shape index (κ2) is 7.10. The number of thioether (sulfide) groups is 1. The van der Waals surface area contributed by atoms with Crippen molar-refractivity contribution in [2.24, 2.45) is 0 Å². The van der Waals surface area contributed by atoms with Crippen molar-refractivity contribution < 1.29 is 9.21 Å². The van der Waals surface area contributed by atoms with Crippen LogP contribution in [0.5, 0.6) is 0 Å². The topological polar surface area (TPSA) is 56.0 Å². The minimum Gasteiger partial charge on any atom is -0.411 e. The zero-order valence-electron chi connectivity index (χ0n) is 12.3. The van der Waals surface area contributed by atoms with E-state index in [2.05, 4.69) is 26.1 Å². The van der Waals surface area contributed by atoms with Crippen molar-refractivity contribution in [3.63, 3.8) is 0 Å². The summed E-state index contributed by atoms with van der Waals surface area (Å²) in [6.45, 7) is 1.84. The quantitative estimate of drug-likeness (QED) is 0.461. The summed E-state index contributed by atoms with van der Waals surface area (Å²) in [5.74, 6) is 0.485. The Morgan fingerprint density at radius 3 is 2.48 bits per heavy atom. The summed E-state index contributed by atoms with van der Waals surface area (Å²) in [5.41, 5.74) is 1.52. The maximum absolute atomic E-state index is 12.3. The van der Waals surface area contributed by atoms with Gasteiger partial charge in [0, 0.05) is 15.6 Å². The summed E-state index contributed by atoms with van der Waals surface area (Å²) < 4.78 is 6.62. The third-order valence-electron chi connectivity index (χ3n) is 3.20. The summed E-state index contributed by atoms with van der Waals surface area (Å²) in [4.78, 5) is 12.3. The fourth-order valence-electron chi connectivity index (χ4n) is 2.01. The van der Waals surface area contributed by atoms with Crippen LogP contribution in [0.1, 0.15) is 17.3 Å². The molecular weight excluding hydrogens is 376 g/mol. The van der Waals surface area contributed by atoms with Gasteiger partial charge in [-0.25, -0.2) is 0 Å². The minimum atomic E-state index is -0.296. The molecule has 1 aromatic heterocycles. The number of ketones is 1. The molecule has 0 N–H and O–H groups in total. The molecule has 0 spiro atoms. The summed E-state index contributed by atoms with van der Waals surface area (Å²) in [5, 5.41) is 8.14. The van der Waals surface area contributed by atoms with Gasteiger partial charge in [-0.1, -0.05) is 58.0 Å². The third-order valence-corrected chi connectivity index (χ3v) is 4.67. The first-order valence-electron chi connectivity index (χ1n) is 6.99. The minimum absolute atomic E-state index is 0.0407. The van der Waals surface area contributed by atoms with Crippen LogP contribution in [0.3, 0.4) is 0 Å². The van der Waals surface area contributed by atoms with E-state index in [1.807, 2.05) is 49.4 Å². The van der Waals surface area contributed by atoms with E-state index in [1.165, 1.54) is 11.8 Å². The van der Waals surface area contributed by atoms with E-state index in [-0.39, 0.29) is 11.0 Å². The molecule has 3 aromatic rings. The lowest BCUT2D eigenvalue weighted by atomic mass is 10.1. The van der Waals surface area contributed by atoms with E-state index in [4.69, 9.17) is 4.42 Å². The Kier molecular flexibility index (Phi) is 4.93. The monoisotopic (exact) mass is 388 g/mol. The molecule has 0 aliphatic heterocycles. The van der Waals surface area contributed by atoms with Gasteiger partial charge in [0.2, 0.25) is 5.89 Å². The van der Waals surface area contributed by atoms with Crippen molar-refractivity contribution in [3.8, 4) is 11.5 Å². The Morgan fingerprint density at radius 2 is 1.78 bits per heavy atom. The molecule has 1 heterocycles. The molecule has 0 radical (unpaired) electrons. The zero-order chi connectivity index (χ0) is 16.2. The van der Waals surface area contributed by atoms with E-state index < -0.39 is 0 Å². The van der Waals surface area contributed by atoms with Gasteiger partial charge >= 0.3 is 0 Å². The van der Waals surface area contributed by atoms with Crippen LogP contribution >= 0.6 is 27.7 Å². The molecule has 0 aliphatic rings. The van der Waals surface area contributed by atoms with Gasteiger partial charge in [0.15, 0.2) is 5.78 Å². The van der Waals surface area contributed by atoms with Crippen LogP contribution in [-0.2, 0) is 0 Å². The third kappa shape index (κ3) is 3.89. The van der Waals surface area contributed by atoms with Crippen molar-refractivity contribution >= 4 is 33.5 Å². The lowest BCUT2D eigenvalue weighted by Crippen LogP contribution is -2.13. The number of nitrogens with zero attached hydrogens (tertiary/aromatic N) is 2. The molecule has 2 aromatic carbocycles. The van der Waals surface area contributed by atoms with Crippen LogP contribution in [0, 0.1) is 0 Å². The lowest BCUT2D eigenvalue weighted by molar-refractivity contribution is 0.0993. The van der Waals surface area contributed by atoms with Gasteiger partial charge in [-0.15, -0.1) is 10.2 Å². The number of carbonyl (C=O) groups excluding carboxylic acids is 1. The van der Waals surface area contributed by atoms with Crippen molar-refractivity contribution in [3.05, 3.63) is 64.6 Å². The number of hydrogen-bond acceptors (Lipinski definition) is 5. The van der Waals surface area contributed by atoms with Crippen LogP contribution in [0.25, 0.3) is 11.5 Å². The molecule has 23 heavy (non-hydrogen) atoms. The fourth-order valence-corrected chi connectivity index (χ4v) is 3.03. The second-order valence-electron chi connectivity index (χ2n) is 4.87. The second-order valence-corrected chi connectivity index (χ2v) is 7.08. The van der Waals surface area contributed by atoms with E-state index in [9.17, 15) is 4.79 Å². The van der Waals surface area contributed by atoms with Gasteiger partial charge in [-0.2, -0.15) is 0 Å². The van der Waals surface area contributed by atoms with Gasteiger partial charge < -0.3 is 4.42 Å². The molecule has 0 bridgehead atoms. The fraction of sp³-hybridized carbons (Fsp3) is 0.118. The van der Waals surface area contributed by atoms with Crippen molar-refractivity contribution in [2.45, 2.75) is 17.4 Å². The molecule has 0 saturated carbocycles. The van der Waals surface area contributed by atoms with Crippen LogP contribution < -0.4 is 0 Å². The highest BCUT2D eigenvalue weighted by molar-refractivity contribution is 9.10. The first-order chi connectivity index (χ1) is 11.1. The summed E-state index contributed by atoms with van der Waals surface area (Å²) in [6, 6.07) is 16.8. The Hall–Kier alpha value is -1.92. The average molecular weight is 389 g/mol. The number of hydrogen-bond donors (Lipinski definition) is 0. The molecule has 0 amide bonds. The Bertz CT molecular complexity index is 803. The highest BCUT2D eigenvalue weighted by Gasteiger charge is 2.19. The predicted octanol–water partition coefficient (Wildman–Crippen LogP) is 4.86. The maximum atomic E-state index is 12.3. The molecule has 6 heteroatoms. The standard InChI is InChI=1S/C17H13BrN2O2S/c1-11(15(21)12-5-3-2-4-6-12)23-17-20-19-16(22-17)13-7-9-14(18)10-8-13/h2-11H,1H3. The first-order valence-corrected chi connectivity index (χ1v) is 8.66. The molecule has 0 aliphatic carbocycles. The van der Waals surface area contributed by atoms with Gasteiger partial charge in [0.1, 0.15) is 0 Å². The van der Waals surface area contributed by atoms with Gasteiger partial charge in [-0.05, 0) is 31.2 Å². The van der Waals surface area contributed by atoms with Crippen LogP contribution in [0.2, 0.25) is 0 Å². The molecule has 3 rings (SSSR count). The van der Waals surface area contributed by atoms with Gasteiger partial charge in [0.05, 0.1) is 5.25 Å². The lowest BCUT2D eigenvalue weighted by Gasteiger charge is -2.06. The molecular formula is C17H13BrN2O2S. The van der Waals surface area contributed by atoms with Gasteiger partial charge in [-0.3, -0.25) is 4.79 Å². The van der Waals surface area contributed by atoms with Gasteiger partial charge in [0.25, 0.3) is 5.22 Å². The van der Waals surface area contributed by atoms with Crippen LogP contribution in [-0.4, -0.2) is 21.2 Å². The van der Waals surface area contributed by atoms with E-state index in [0.717, 1.165) is 10.0 Å². The zero-order valence-corrected chi connectivity index (χ0v) is 14.7. The Balaban J connectivity index is 1.71. The number of Topliss-reactive ketones (excluding diaryl/α,β-unsaturated/α-hetero) is 1. The van der Waals surface area contributed by atoms with E-state index in [0.29, 0.717) is 16.7 Å². The molecule has 0 saturated heterocycles. The van der Waals surface area contributed by atoms with Crippen molar-refractivity contribution in [2.75, 3.05) is 0 Å². The summed E-state index contributed by atoms with van der Waals surface area (Å²) >= 11 is 4.65. The van der Waals surface area contributed by atoms with E-state index in [1.54, 1.807) is 12.1 Å². The first kappa shape index (κ1) is 16.0. The number of rotatable bonds is 5. The number of carbonyl (C=O) groups is 1. The highest BCUT2D eigenvalue weighted by Crippen LogP contribution is 2.28. The number of benzene rings is 2. The van der Waals surface area contributed by atoms with Crippen LogP contribution in [0.15, 0.2) is 68.7 Å². The highest BCUT2D eigenvalue weighted by atomic mass is 79.9. The van der Waals surface area contributed by atoms with Crippen molar-refractivity contribution in [1.29, 1.82) is 0 Å². The molecule has 1 unspecified atom stereocenters. The Labute approximate surface area is 146 Å². The largest absolute Gasteiger partial charge is 0.411 e. The normalized spacial score (nSPS) is 12.1. The summed E-state index contributed by atoms with van der Waals surface area (Å²) in [6.07, 6.45) is 0. The number of halogens is 1. The average Bonchev–Trinajstić information content (AvgIpc) is 3.04. The number of aromatic nitrogens is 2. The SMILES string of the molecule is CC(Sc1nnc(-c2ccc(Br)cc2)o1)C(=O)c1ccccc1. The van der Waals surface area contributed by atoms with Crippen LogP contribution in [0.4, 0.5) is 0 Å². The molecule has 0 fully saturated rings. The Morgan fingerprint density at radius 1 is 1.09 bits per heavy atom. The molecule has 4 nitrogen and oxygen atoms in total. The smallest absolute Gasteiger partial charge is 0.277 e. The summed E-state index contributed by atoms with van der Waals surface area (Å²) in [7, 11) is 0. The molecule has 1 atom stereocenters.